The summed E-state index contributed by atoms with van der Waals surface area (Å²) in [6, 6.07) is 13.7. The van der Waals surface area contributed by atoms with E-state index in [1.807, 2.05) is 66.4 Å². The van der Waals surface area contributed by atoms with Gasteiger partial charge in [-0.3, -0.25) is 9.78 Å². The Hall–Kier alpha value is -3.04. The number of nitrogens with zero attached hydrogens (tertiary/aromatic N) is 5. The first kappa shape index (κ1) is 19.3. The van der Waals surface area contributed by atoms with Crippen LogP contribution in [0.2, 0.25) is 0 Å². The van der Waals surface area contributed by atoms with Gasteiger partial charge in [0.1, 0.15) is 0 Å². The largest absolute Gasteiger partial charge is 0.305 e. The SMILES string of the molecule is CC(Sc1nnc(-c2cccnc2)n1C)C(=O)Nc1nc(-c2ccccc2)cs1. The molecule has 0 saturated carbocycles. The summed E-state index contributed by atoms with van der Waals surface area (Å²) in [6.45, 7) is 1.84. The zero-order valence-electron chi connectivity index (χ0n) is 15.8. The third-order valence-electron chi connectivity index (χ3n) is 4.21. The molecular weight excluding hydrogens is 404 g/mol. The van der Waals surface area contributed by atoms with E-state index in [1.165, 1.54) is 23.1 Å². The molecule has 4 rings (SSSR count). The maximum absolute atomic E-state index is 12.6. The average molecular weight is 423 g/mol. The van der Waals surface area contributed by atoms with Gasteiger partial charge in [0.05, 0.1) is 10.9 Å². The van der Waals surface area contributed by atoms with Gasteiger partial charge in [0.15, 0.2) is 16.1 Å². The molecule has 0 saturated heterocycles. The second kappa shape index (κ2) is 8.54. The Balaban J connectivity index is 1.42. The molecule has 146 valence electrons. The minimum absolute atomic E-state index is 0.130. The number of pyridine rings is 1. The van der Waals surface area contributed by atoms with Crippen LogP contribution in [0.25, 0.3) is 22.6 Å². The van der Waals surface area contributed by atoms with Gasteiger partial charge in [-0.2, -0.15) is 0 Å². The Morgan fingerprint density at radius 1 is 1.14 bits per heavy atom. The quantitative estimate of drug-likeness (QED) is 0.471. The van der Waals surface area contributed by atoms with Gasteiger partial charge in [-0.25, -0.2) is 4.98 Å². The van der Waals surface area contributed by atoms with Crippen LogP contribution in [0.4, 0.5) is 5.13 Å². The Kier molecular flexibility index (Phi) is 5.68. The van der Waals surface area contributed by atoms with E-state index in [9.17, 15) is 4.79 Å². The van der Waals surface area contributed by atoms with Crippen LogP contribution in [-0.2, 0) is 11.8 Å². The Labute approximate surface area is 176 Å². The number of benzene rings is 1. The Morgan fingerprint density at radius 2 is 1.93 bits per heavy atom. The minimum Gasteiger partial charge on any atom is -0.305 e. The van der Waals surface area contributed by atoms with Crippen LogP contribution in [0.1, 0.15) is 6.92 Å². The molecule has 3 aromatic heterocycles. The molecule has 4 aromatic rings. The van der Waals surface area contributed by atoms with E-state index in [0.717, 1.165) is 16.8 Å². The molecule has 0 bridgehead atoms. The lowest BCUT2D eigenvalue weighted by Crippen LogP contribution is -2.22. The van der Waals surface area contributed by atoms with Gasteiger partial charge in [-0.05, 0) is 19.1 Å². The van der Waals surface area contributed by atoms with Gasteiger partial charge in [0, 0.05) is 35.9 Å². The summed E-state index contributed by atoms with van der Waals surface area (Å²) in [5.74, 6) is 0.579. The van der Waals surface area contributed by atoms with Gasteiger partial charge in [-0.15, -0.1) is 21.5 Å². The standard InChI is InChI=1S/C20H18N6OS2/c1-13(29-20-25-24-17(26(20)2)15-9-6-10-21-11-15)18(27)23-19-22-16(12-28-19)14-7-4-3-5-8-14/h3-13H,1-2H3,(H,22,23,27). The highest BCUT2D eigenvalue weighted by atomic mass is 32.2. The molecule has 0 fully saturated rings. The molecule has 7 nitrogen and oxygen atoms in total. The monoisotopic (exact) mass is 422 g/mol. The summed E-state index contributed by atoms with van der Waals surface area (Å²) in [6.07, 6.45) is 3.45. The van der Waals surface area contributed by atoms with Gasteiger partial charge in [-0.1, -0.05) is 42.1 Å². The summed E-state index contributed by atoms with van der Waals surface area (Å²) in [7, 11) is 1.88. The summed E-state index contributed by atoms with van der Waals surface area (Å²) in [5.41, 5.74) is 2.75. The van der Waals surface area contributed by atoms with Crippen molar-refractivity contribution in [2.75, 3.05) is 5.32 Å². The predicted molar refractivity (Wildman–Crippen MR) is 116 cm³/mol. The number of carbonyl (C=O) groups is 1. The Morgan fingerprint density at radius 3 is 2.69 bits per heavy atom. The molecule has 1 N–H and O–H groups in total. The first-order chi connectivity index (χ1) is 14.1. The maximum atomic E-state index is 12.6. The first-order valence-corrected chi connectivity index (χ1v) is 10.7. The summed E-state index contributed by atoms with van der Waals surface area (Å²) < 4.78 is 1.86. The van der Waals surface area contributed by atoms with E-state index >= 15 is 0 Å². The lowest BCUT2D eigenvalue weighted by Gasteiger charge is -2.10. The number of thioether (sulfide) groups is 1. The average Bonchev–Trinajstić information content (AvgIpc) is 3.36. The normalized spacial score (nSPS) is 11.9. The van der Waals surface area contributed by atoms with Crippen LogP contribution in [0.3, 0.4) is 0 Å². The minimum atomic E-state index is -0.358. The number of thiazole rings is 1. The van der Waals surface area contributed by atoms with Crippen LogP contribution in [0.5, 0.6) is 0 Å². The topological polar surface area (TPSA) is 85.6 Å². The van der Waals surface area contributed by atoms with Crippen molar-refractivity contribution in [1.82, 2.24) is 24.7 Å². The van der Waals surface area contributed by atoms with Crippen molar-refractivity contribution >= 4 is 34.1 Å². The first-order valence-electron chi connectivity index (χ1n) is 8.90. The zero-order valence-corrected chi connectivity index (χ0v) is 17.4. The molecule has 0 aliphatic rings. The van der Waals surface area contributed by atoms with Crippen LogP contribution in [0, 0.1) is 0 Å². The number of nitrogens with one attached hydrogen (secondary N) is 1. The van der Waals surface area contributed by atoms with E-state index in [1.54, 1.807) is 12.4 Å². The lowest BCUT2D eigenvalue weighted by molar-refractivity contribution is -0.115. The smallest absolute Gasteiger partial charge is 0.239 e. The Bertz CT molecular complexity index is 1110. The number of hydrogen-bond acceptors (Lipinski definition) is 7. The molecule has 0 aliphatic heterocycles. The van der Waals surface area contributed by atoms with E-state index in [4.69, 9.17) is 0 Å². The molecular formula is C20H18N6OS2. The number of carbonyl (C=O) groups excluding carboxylic acids is 1. The van der Waals surface area contributed by atoms with Gasteiger partial charge < -0.3 is 9.88 Å². The summed E-state index contributed by atoms with van der Waals surface area (Å²) >= 11 is 2.76. The fourth-order valence-electron chi connectivity index (χ4n) is 2.66. The fourth-order valence-corrected chi connectivity index (χ4v) is 4.19. The molecule has 3 heterocycles. The summed E-state index contributed by atoms with van der Waals surface area (Å²) in [4.78, 5) is 21.2. The lowest BCUT2D eigenvalue weighted by atomic mass is 10.2. The number of aromatic nitrogens is 5. The van der Waals surface area contributed by atoms with Crippen molar-refractivity contribution in [1.29, 1.82) is 0 Å². The van der Waals surface area contributed by atoms with E-state index < -0.39 is 0 Å². The van der Waals surface area contributed by atoms with Crippen molar-refractivity contribution in [3.8, 4) is 22.6 Å². The van der Waals surface area contributed by atoms with Crippen LogP contribution in [-0.4, -0.2) is 35.9 Å². The third kappa shape index (κ3) is 4.36. The van der Waals surface area contributed by atoms with E-state index in [-0.39, 0.29) is 11.2 Å². The fraction of sp³-hybridized carbons (Fsp3) is 0.150. The van der Waals surface area contributed by atoms with Crippen molar-refractivity contribution in [3.05, 3.63) is 60.2 Å². The third-order valence-corrected chi connectivity index (χ3v) is 6.10. The molecule has 1 amide bonds. The molecule has 1 atom stereocenters. The molecule has 0 aliphatic carbocycles. The molecule has 0 spiro atoms. The van der Waals surface area contributed by atoms with Crippen molar-refractivity contribution < 1.29 is 4.79 Å². The van der Waals surface area contributed by atoms with Crippen LogP contribution < -0.4 is 5.32 Å². The highest BCUT2D eigenvalue weighted by Crippen LogP contribution is 2.28. The zero-order chi connectivity index (χ0) is 20.2. The van der Waals surface area contributed by atoms with Gasteiger partial charge in [0.2, 0.25) is 5.91 Å². The van der Waals surface area contributed by atoms with Gasteiger partial charge >= 0.3 is 0 Å². The highest BCUT2D eigenvalue weighted by molar-refractivity contribution is 8.00. The second-order valence-electron chi connectivity index (χ2n) is 6.26. The molecule has 1 unspecified atom stereocenters. The molecule has 29 heavy (non-hydrogen) atoms. The molecule has 0 radical (unpaired) electrons. The number of hydrogen-bond donors (Lipinski definition) is 1. The van der Waals surface area contributed by atoms with E-state index in [0.29, 0.717) is 16.1 Å². The summed E-state index contributed by atoms with van der Waals surface area (Å²) in [5, 5.41) is 14.2. The number of anilines is 1. The van der Waals surface area contributed by atoms with Crippen LogP contribution in [0.15, 0.2) is 65.4 Å². The molecule has 1 aromatic carbocycles. The molecule has 9 heteroatoms. The second-order valence-corrected chi connectivity index (χ2v) is 8.43. The van der Waals surface area contributed by atoms with Crippen molar-refractivity contribution in [2.45, 2.75) is 17.3 Å². The van der Waals surface area contributed by atoms with Crippen molar-refractivity contribution in [2.24, 2.45) is 7.05 Å². The van der Waals surface area contributed by atoms with Gasteiger partial charge in [0.25, 0.3) is 0 Å². The highest BCUT2D eigenvalue weighted by Gasteiger charge is 2.20. The van der Waals surface area contributed by atoms with Crippen LogP contribution >= 0.6 is 23.1 Å². The predicted octanol–water partition coefficient (Wildman–Crippen LogP) is 4.12. The van der Waals surface area contributed by atoms with Crippen molar-refractivity contribution in [3.63, 3.8) is 0 Å². The number of amides is 1. The maximum Gasteiger partial charge on any atom is 0.239 e. The number of rotatable bonds is 6. The van der Waals surface area contributed by atoms with E-state index in [2.05, 4.69) is 25.5 Å².